The molecule has 1 heterocycles. The van der Waals surface area contributed by atoms with Crippen LogP contribution in [0.4, 0.5) is 0 Å². The summed E-state index contributed by atoms with van der Waals surface area (Å²) in [4.78, 5) is 9.40. The van der Waals surface area contributed by atoms with Gasteiger partial charge in [0.2, 0.25) is 0 Å². The van der Waals surface area contributed by atoms with Crippen LogP contribution in [0.15, 0.2) is 4.99 Å². The fraction of sp³-hybridized carbons (Fsp3) is 0.929. The maximum atomic E-state index is 6.12. The highest BCUT2D eigenvalue weighted by Crippen LogP contribution is 2.47. The van der Waals surface area contributed by atoms with E-state index in [1.54, 1.807) is 0 Å². The third-order valence-electron chi connectivity index (χ3n) is 4.81. The maximum Gasteiger partial charge on any atom is 0.191 e. The van der Waals surface area contributed by atoms with Gasteiger partial charge in [-0.25, -0.2) is 0 Å². The zero-order chi connectivity index (χ0) is 13.2. The SMILES string of the molecule is CCN(CC)CCN1C(N)=NCC1(CC)C1CC1. The Morgan fingerprint density at radius 2 is 2.00 bits per heavy atom. The van der Waals surface area contributed by atoms with Crippen LogP contribution < -0.4 is 5.73 Å². The molecule has 4 heteroatoms. The Morgan fingerprint density at radius 1 is 1.33 bits per heavy atom. The van der Waals surface area contributed by atoms with Crippen LogP contribution in [-0.4, -0.2) is 54.0 Å². The monoisotopic (exact) mass is 252 g/mol. The first kappa shape index (κ1) is 13.7. The van der Waals surface area contributed by atoms with Crippen molar-refractivity contribution >= 4 is 5.96 Å². The largest absolute Gasteiger partial charge is 0.370 e. The van der Waals surface area contributed by atoms with Gasteiger partial charge in [0.1, 0.15) is 0 Å². The van der Waals surface area contributed by atoms with Crippen molar-refractivity contribution in [3.05, 3.63) is 0 Å². The van der Waals surface area contributed by atoms with Gasteiger partial charge in [0, 0.05) is 13.1 Å². The Labute approximate surface area is 111 Å². The number of aliphatic imine (C=N–C) groups is 1. The number of guanidine groups is 1. The highest BCUT2D eigenvalue weighted by Gasteiger charge is 2.51. The summed E-state index contributed by atoms with van der Waals surface area (Å²) in [6.07, 6.45) is 3.89. The van der Waals surface area contributed by atoms with Crippen molar-refractivity contribution in [2.24, 2.45) is 16.6 Å². The standard InChI is InChI=1S/C14H28N4/c1-4-14(12-7-8-12)11-16-13(15)18(14)10-9-17(5-2)6-3/h12H,4-11H2,1-3H3,(H2,15,16). The number of hydrogen-bond acceptors (Lipinski definition) is 4. The molecule has 0 bridgehead atoms. The van der Waals surface area contributed by atoms with E-state index in [0.717, 1.165) is 44.6 Å². The molecule has 1 atom stereocenters. The third kappa shape index (κ3) is 2.35. The van der Waals surface area contributed by atoms with E-state index < -0.39 is 0 Å². The predicted octanol–water partition coefficient (Wildman–Crippen LogP) is 1.52. The van der Waals surface area contributed by atoms with E-state index in [9.17, 15) is 0 Å². The number of nitrogens with two attached hydrogens (primary N) is 1. The summed E-state index contributed by atoms with van der Waals surface area (Å²) in [6.45, 7) is 12.0. The summed E-state index contributed by atoms with van der Waals surface area (Å²) in [5, 5.41) is 0. The molecular weight excluding hydrogens is 224 g/mol. The lowest BCUT2D eigenvalue weighted by Gasteiger charge is -2.40. The number of rotatable bonds is 7. The van der Waals surface area contributed by atoms with Crippen LogP contribution in [0, 0.1) is 5.92 Å². The van der Waals surface area contributed by atoms with Gasteiger partial charge in [0.15, 0.2) is 5.96 Å². The van der Waals surface area contributed by atoms with Crippen LogP contribution in [-0.2, 0) is 0 Å². The minimum Gasteiger partial charge on any atom is -0.370 e. The summed E-state index contributed by atoms with van der Waals surface area (Å²) < 4.78 is 0. The van der Waals surface area contributed by atoms with Gasteiger partial charge < -0.3 is 15.5 Å². The lowest BCUT2D eigenvalue weighted by atomic mass is 9.89. The molecule has 18 heavy (non-hydrogen) atoms. The number of hydrogen-bond donors (Lipinski definition) is 1. The topological polar surface area (TPSA) is 44.9 Å². The van der Waals surface area contributed by atoms with Crippen LogP contribution >= 0.6 is 0 Å². The average molecular weight is 252 g/mol. The quantitative estimate of drug-likeness (QED) is 0.747. The van der Waals surface area contributed by atoms with E-state index in [4.69, 9.17) is 5.73 Å². The Bertz CT molecular complexity index is 307. The van der Waals surface area contributed by atoms with Crippen LogP contribution in [0.1, 0.15) is 40.0 Å². The van der Waals surface area contributed by atoms with Gasteiger partial charge in [-0.1, -0.05) is 20.8 Å². The molecule has 1 aliphatic heterocycles. The summed E-state index contributed by atoms with van der Waals surface area (Å²) >= 11 is 0. The minimum atomic E-state index is 0.247. The maximum absolute atomic E-state index is 6.12. The first-order chi connectivity index (χ1) is 8.67. The van der Waals surface area contributed by atoms with Gasteiger partial charge in [0.05, 0.1) is 12.1 Å². The van der Waals surface area contributed by atoms with E-state index in [1.165, 1.54) is 19.3 Å². The molecule has 0 radical (unpaired) electrons. The van der Waals surface area contributed by atoms with E-state index in [-0.39, 0.29) is 5.54 Å². The Morgan fingerprint density at radius 3 is 2.50 bits per heavy atom. The molecule has 1 saturated carbocycles. The summed E-state index contributed by atoms with van der Waals surface area (Å²) in [5.41, 5.74) is 6.37. The van der Waals surface area contributed by atoms with Crippen LogP contribution in [0.3, 0.4) is 0 Å². The van der Waals surface area contributed by atoms with Gasteiger partial charge in [-0.2, -0.15) is 0 Å². The average Bonchev–Trinajstić information content (AvgIpc) is 3.18. The molecule has 0 aromatic carbocycles. The lowest BCUT2D eigenvalue weighted by molar-refractivity contribution is 0.144. The fourth-order valence-electron chi connectivity index (χ4n) is 3.30. The molecule has 104 valence electrons. The van der Waals surface area contributed by atoms with Gasteiger partial charge in [-0.05, 0) is 38.3 Å². The minimum absolute atomic E-state index is 0.247. The molecule has 0 amide bonds. The van der Waals surface area contributed by atoms with Crippen molar-refractivity contribution in [2.75, 3.05) is 32.7 Å². The molecule has 1 fully saturated rings. The second kappa shape index (κ2) is 5.47. The number of likely N-dealkylation sites (N-methyl/N-ethyl adjacent to an activating group) is 1. The molecule has 0 spiro atoms. The highest BCUT2D eigenvalue weighted by molar-refractivity contribution is 5.81. The molecular formula is C14H28N4. The van der Waals surface area contributed by atoms with E-state index >= 15 is 0 Å². The first-order valence-electron chi connectivity index (χ1n) is 7.47. The van der Waals surface area contributed by atoms with E-state index in [1.807, 2.05) is 0 Å². The second-order valence-corrected chi connectivity index (χ2v) is 5.58. The molecule has 2 N–H and O–H groups in total. The lowest BCUT2D eigenvalue weighted by Crippen LogP contribution is -2.55. The molecule has 1 aliphatic carbocycles. The zero-order valence-corrected chi connectivity index (χ0v) is 12.2. The van der Waals surface area contributed by atoms with Gasteiger partial charge in [-0.15, -0.1) is 0 Å². The molecule has 0 aromatic heterocycles. The second-order valence-electron chi connectivity index (χ2n) is 5.58. The summed E-state index contributed by atoms with van der Waals surface area (Å²) in [5.74, 6) is 1.60. The van der Waals surface area contributed by atoms with Crippen molar-refractivity contribution in [1.29, 1.82) is 0 Å². The van der Waals surface area contributed by atoms with Crippen molar-refractivity contribution in [1.82, 2.24) is 9.80 Å². The Kier molecular flexibility index (Phi) is 4.15. The Hall–Kier alpha value is -0.770. The molecule has 0 aromatic rings. The molecule has 1 unspecified atom stereocenters. The van der Waals surface area contributed by atoms with Crippen LogP contribution in [0.2, 0.25) is 0 Å². The fourth-order valence-corrected chi connectivity index (χ4v) is 3.30. The van der Waals surface area contributed by atoms with E-state index in [0.29, 0.717) is 0 Å². The van der Waals surface area contributed by atoms with E-state index in [2.05, 4.69) is 35.6 Å². The normalized spacial score (nSPS) is 28.0. The highest BCUT2D eigenvalue weighted by atomic mass is 15.4. The predicted molar refractivity (Wildman–Crippen MR) is 76.7 cm³/mol. The molecule has 0 saturated heterocycles. The van der Waals surface area contributed by atoms with Crippen LogP contribution in [0.5, 0.6) is 0 Å². The zero-order valence-electron chi connectivity index (χ0n) is 12.2. The summed E-state index contributed by atoms with van der Waals surface area (Å²) in [6, 6.07) is 0. The van der Waals surface area contributed by atoms with Gasteiger partial charge >= 0.3 is 0 Å². The summed E-state index contributed by atoms with van der Waals surface area (Å²) in [7, 11) is 0. The first-order valence-corrected chi connectivity index (χ1v) is 7.47. The van der Waals surface area contributed by atoms with Gasteiger partial charge in [-0.3, -0.25) is 4.99 Å². The Balaban J connectivity index is 2.00. The smallest absolute Gasteiger partial charge is 0.191 e. The number of nitrogens with zero attached hydrogens (tertiary/aromatic N) is 3. The molecule has 2 aliphatic rings. The van der Waals surface area contributed by atoms with Crippen molar-refractivity contribution in [3.8, 4) is 0 Å². The third-order valence-corrected chi connectivity index (χ3v) is 4.81. The molecule has 2 rings (SSSR count). The van der Waals surface area contributed by atoms with Crippen molar-refractivity contribution in [2.45, 2.75) is 45.6 Å². The van der Waals surface area contributed by atoms with Crippen molar-refractivity contribution < 1.29 is 0 Å². The van der Waals surface area contributed by atoms with Crippen LogP contribution in [0.25, 0.3) is 0 Å². The molecule has 4 nitrogen and oxygen atoms in total. The van der Waals surface area contributed by atoms with Crippen molar-refractivity contribution in [3.63, 3.8) is 0 Å². The van der Waals surface area contributed by atoms with Gasteiger partial charge in [0.25, 0.3) is 0 Å².